The minimum atomic E-state index is -0.466. The summed E-state index contributed by atoms with van der Waals surface area (Å²) >= 11 is 2.63. The maximum atomic E-state index is 11.6. The van der Waals surface area contributed by atoms with Crippen LogP contribution >= 0.6 is 22.7 Å². The average molecular weight is 294 g/mol. The summed E-state index contributed by atoms with van der Waals surface area (Å²) in [6.45, 7) is 0. The number of rotatable bonds is 4. The Morgan fingerprint density at radius 1 is 1.47 bits per heavy atom. The summed E-state index contributed by atoms with van der Waals surface area (Å²) in [5, 5.41) is 6.81. The van der Waals surface area contributed by atoms with Gasteiger partial charge in [-0.1, -0.05) is 11.3 Å². The summed E-state index contributed by atoms with van der Waals surface area (Å²) in [6, 6.07) is 1.91. The fourth-order valence-corrected chi connectivity index (χ4v) is 2.58. The topological polar surface area (TPSA) is 68.3 Å². The zero-order valence-electron chi connectivity index (χ0n) is 9.95. The highest BCUT2D eigenvalue weighted by Crippen LogP contribution is 2.18. The van der Waals surface area contributed by atoms with Gasteiger partial charge in [0.05, 0.1) is 13.3 Å². The van der Waals surface area contributed by atoms with Crippen molar-refractivity contribution in [1.29, 1.82) is 0 Å². The van der Waals surface area contributed by atoms with Crippen LogP contribution in [0.5, 0.6) is 0 Å². The summed E-state index contributed by atoms with van der Waals surface area (Å²) < 4.78 is 4.56. The number of hydrogen-bond donors (Lipinski definition) is 1. The van der Waals surface area contributed by atoms with E-state index in [1.165, 1.54) is 19.4 Å². The molecular formula is C12H10N2O3S2. The molecule has 98 valence electrons. The molecule has 0 radical (unpaired) electrons. The molecular weight excluding hydrogens is 284 g/mol. The second-order valence-electron chi connectivity index (χ2n) is 3.40. The van der Waals surface area contributed by atoms with E-state index in [9.17, 15) is 9.59 Å². The maximum Gasteiger partial charge on any atom is 0.349 e. The minimum Gasteiger partial charge on any atom is -0.465 e. The molecule has 7 heteroatoms. The molecule has 0 saturated heterocycles. The molecule has 0 aliphatic carbocycles. The molecule has 1 N–H and O–H groups in total. The summed E-state index contributed by atoms with van der Waals surface area (Å²) in [5.74, 6) is -0.760. The van der Waals surface area contributed by atoms with Crippen LogP contribution < -0.4 is 5.32 Å². The van der Waals surface area contributed by atoms with Gasteiger partial charge in [-0.3, -0.25) is 10.1 Å². The van der Waals surface area contributed by atoms with Crippen LogP contribution in [-0.4, -0.2) is 24.0 Å². The first-order valence-electron chi connectivity index (χ1n) is 5.24. The number of nitrogens with zero attached hydrogens (tertiary/aromatic N) is 1. The molecule has 0 unspecified atom stereocenters. The SMILES string of the molecule is COC(=O)c1cnc(NC(=O)/C=C/c2ccsc2)s1. The number of carbonyl (C=O) groups is 2. The number of aromatic nitrogens is 1. The fourth-order valence-electron chi connectivity index (χ4n) is 1.22. The molecule has 0 aliphatic heterocycles. The smallest absolute Gasteiger partial charge is 0.349 e. The number of amides is 1. The quantitative estimate of drug-likeness (QED) is 0.695. The van der Waals surface area contributed by atoms with Crippen molar-refractivity contribution in [3.63, 3.8) is 0 Å². The Morgan fingerprint density at radius 3 is 3.00 bits per heavy atom. The number of thiazole rings is 1. The molecule has 2 heterocycles. The van der Waals surface area contributed by atoms with Gasteiger partial charge in [0.2, 0.25) is 5.91 Å². The van der Waals surface area contributed by atoms with Crippen molar-refractivity contribution in [2.24, 2.45) is 0 Å². The average Bonchev–Trinajstić information content (AvgIpc) is 3.06. The molecule has 0 spiro atoms. The van der Waals surface area contributed by atoms with E-state index in [-0.39, 0.29) is 5.91 Å². The van der Waals surface area contributed by atoms with Crippen LogP contribution in [0.1, 0.15) is 15.2 Å². The van der Waals surface area contributed by atoms with Crippen LogP contribution in [0.15, 0.2) is 29.1 Å². The lowest BCUT2D eigenvalue weighted by Gasteiger charge is -1.95. The van der Waals surface area contributed by atoms with E-state index in [1.54, 1.807) is 17.4 Å². The number of hydrogen-bond acceptors (Lipinski definition) is 6. The van der Waals surface area contributed by atoms with E-state index >= 15 is 0 Å². The van der Waals surface area contributed by atoms with Gasteiger partial charge >= 0.3 is 5.97 Å². The highest BCUT2D eigenvalue weighted by molar-refractivity contribution is 7.17. The van der Waals surface area contributed by atoms with Gasteiger partial charge in [0.15, 0.2) is 5.13 Å². The number of anilines is 1. The number of ether oxygens (including phenoxy) is 1. The molecule has 2 rings (SSSR count). The first-order valence-corrected chi connectivity index (χ1v) is 7.00. The molecule has 2 aromatic heterocycles. The highest BCUT2D eigenvalue weighted by Gasteiger charge is 2.11. The van der Waals surface area contributed by atoms with E-state index in [0.29, 0.717) is 10.0 Å². The number of thiophene rings is 1. The molecule has 19 heavy (non-hydrogen) atoms. The molecule has 0 saturated carbocycles. The lowest BCUT2D eigenvalue weighted by Crippen LogP contribution is -2.07. The van der Waals surface area contributed by atoms with Crippen molar-refractivity contribution in [2.45, 2.75) is 0 Å². The number of carbonyl (C=O) groups excluding carboxylic acids is 2. The third kappa shape index (κ3) is 3.73. The van der Waals surface area contributed by atoms with E-state index in [0.717, 1.165) is 16.9 Å². The van der Waals surface area contributed by atoms with Crippen LogP contribution in [0.3, 0.4) is 0 Å². The lowest BCUT2D eigenvalue weighted by molar-refractivity contribution is -0.111. The molecule has 2 aromatic rings. The van der Waals surface area contributed by atoms with Crippen molar-refractivity contribution >= 4 is 45.8 Å². The van der Waals surface area contributed by atoms with Crippen molar-refractivity contribution in [1.82, 2.24) is 4.98 Å². The van der Waals surface area contributed by atoms with Crippen LogP contribution in [0.2, 0.25) is 0 Å². The molecule has 0 aromatic carbocycles. The van der Waals surface area contributed by atoms with Crippen molar-refractivity contribution in [3.8, 4) is 0 Å². The van der Waals surface area contributed by atoms with Gasteiger partial charge in [-0.05, 0) is 28.5 Å². The monoisotopic (exact) mass is 294 g/mol. The predicted molar refractivity (Wildman–Crippen MR) is 75.4 cm³/mol. The normalized spacial score (nSPS) is 10.6. The predicted octanol–water partition coefficient (Wildman–Crippen LogP) is 2.64. The van der Waals surface area contributed by atoms with Crippen molar-refractivity contribution in [3.05, 3.63) is 39.5 Å². The Labute approximate surface area is 117 Å². The van der Waals surface area contributed by atoms with E-state index in [2.05, 4.69) is 15.0 Å². The fraction of sp³-hybridized carbons (Fsp3) is 0.0833. The van der Waals surface area contributed by atoms with Gasteiger partial charge < -0.3 is 4.74 Å². The van der Waals surface area contributed by atoms with Crippen LogP contribution in [0, 0.1) is 0 Å². The van der Waals surface area contributed by atoms with Gasteiger partial charge in [-0.2, -0.15) is 11.3 Å². The Morgan fingerprint density at radius 2 is 2.32 bits per heavy atom. The largest absolute Gasteiger partial charge is 0.465 e. The molecule has 0 aliphatic rings. The zero-order chi connectivity index (χ0) is 13.7. The van der Waals surface area contributed by atoms with E-state index in [4.69, 9.17) is 0 Å². The van der Waals surface area contributed by atoms with E-state index < -0.39 is 5.97 Å². The van der Waals surface area contributed by atoms with Gasteiger partial charge in [0.25, 0.3) is 0 Å². The third-order valence-corrected chi connectivity index (χ3v) is 3.69. The van der Waals surface area contributed by atoms with Crippen LogP contribution in [-0.2, 0) is 9.53 Å². The standard InChI is InChI=1S/C12H10N2O3S2/c1-17-11(16)9-6-13-12(19-9)14-10(15)3-2-8-4-5-18-7-8/h2-7H,1H3,(H,13,14,15)/b3-2+. The zero-order valence-corrected chi connectivity index (χ0v) is 11.6. The molecule has 0 fully saturated rings. The van der Waals surface area contributed by atoms with Crippen LogP contribution in [0.4, 0.5) is 5.13 Å². The third-order valence-electron chi connectivity index (χ3n) is 2.09. The Balaban J connectivity index is 1.95. The van der Waals surface area contributed by atoms with Gasteiger partial charge in [0, 0.05) is 6.08 Å². The van der Waals surface area contributed by atoms with Crippen molar-refractivity contribution < 1.29 is 14.3 Å². The maximum absolute atomic E-state index is 11.6. The van der Waals surface area contributed by atoms with Crippen molar-refractivity contribution in [2.75, 3.05) is 12.4 Å². The summed E-state index contributed by atoms with van der Waals surface area (Å²) in [7, 11) is 1.30. The summed E-state index contributed by atoms with van der Waals surface area (Å²) in [6.07, 6.45) is 4.50. The Bertz CT molecular complexity index is 602. The highest BCUT2D eigenvalue weighted by atomic mass is 32.1. The molecule has 5 nitrogen and oxygen atoms in total. The Kier molecular flexibility index (Phi) is 4.43. The number of methoxy groups -OCH3 is 1. The first kappa shape index (κ1) is 13.4. The van der Waals surface area contributed by atoms with Gasteiger partial charge in [0.1, 0.15) is 4.88 Å². The molecule has 0 bridgehead atoms. The molecule has 1 amide bonds. The second kappa shape index (κ2) is 6.26. The minimum absolute atomic E-state index is 0.294. The lowest BCUT2D eigenvalue weighted by atomic mass is 10.3. The molecule has 0 atom stereocenters. The Hall–Kier alpha value is -1.99. The number of esters is 1. The summed E-state index contributed by atoms with van der Waals surface area (Å²) in [4.78, 5) is 27.1. The second-order valence-corrected chi connectivity index (χ2v) is 5.21. The van der Waals surface area contributed by atoms with Gasteiger partial charge in [-0.15, -0.1) is 0 Å². The van der Waals surface area contributed by atoms with E-state index in [1.807, 2.05) is 16.8 Å². The first-order chi connectivity index (χ1) is 9.19. The van der Waals surface area contributed by atoms with Gasteiger partial charge in [-0.25, -0.2) is 9.78 Å². The van der Waals surface area contributed by atoms with Crippen LogP contribution in [0.25, 0.3) is 6.08 Å². The summed E-state index contributed by atoms with van der Waals surface area (Å²) in [5.41, 5.74) is 0.967. The number of nitrogens with one attached hydrogen (secondary N) is 1.